The first kappa shape index (κ1) is 16.8. The molecule has 0 spiro atoms. The normalized spacial score (nSPS) is 11.4. The molecule has 2 heterocycles. The quantitative estimate of drug-likeness (QED) is 0.717. The van der Waals surface area contributed by atoms with Crippen molar-refractivity contribution in [3.63, 3.8) is 0 Å². The lowest BCUT2D eigenvalue weighted by Crippen LogP contribution is -2.13. The first-order valence-electron chi connectivity index (χ1n) is 8.04. The van der Waals surface area contributed by atoms with E-state index in [4.69, 9.17) is 4.74 Å². The van der Waals surface area contributed by atoms with Crippen molar-refractivity contribution in [2.24, 2.45) is 5.18 Å². The van der Waals surface area contributed by atoms with Crippen molar-refractivity contribution in [2.75, 3.05) is 7.11 Å². The molecule has 8 nitrogen and oxygen atoms in total. The summed E-state index contributed by atoms with van der Waals surface area (Å²) in [7, 11) is 1.40. The Morgan fingerprint density at radius 2 is 2.04 bits per heavy atom. The summed E-state index contributed by atoms with van der Waals surface area (Å²) in [5.74, 6) is 0.238. The van der Waals surface area contributed by atoms with Crippen LogP contribution in [0.4, 0.5) is 0 Å². The summed E-state index contributed by atoms with van der Waals surface area (Å²) in [5, 5.41) is 2.44. The number of fused-ring (bicyclic) bond motifs is 3. The fourth-order valence-electron chi connectivity index (χ4n) is 3.15. The molecule has 0 unspecified atom stereocenters. The number of methoxy groups -OCH3 is 1. The Bertz CT molecular complexity index is 1030. The number of rotatable bonds is 5. The Hall–Kier alpha value is -3.03. The molecule has 8 heteroatoms. The van der Waals surface area contributed by atoms with E-state index in [0.717, 1.165) is 18.7 Å². The number of nitrogens with one attached hydrogen (secondary N) is 1. The number of aromatic nitrogens is 3. The minimum atomic E-state index is -0.953. The largest absolute Gasteiger partial charge is 0.496 e. The highest BCUT2D eigenvalue weighted by Crippen LogP contribution is 2.29. The van der Waals surface area contributed by atoms with Gasteiger partial charge in [-0.05, 0) is 18.9 Å². The monoisotopic (exact) mass is 342 g/mol. The molecule has 0 aliphatic rings. The van der Waals surface area contributed by atoms with Crippen LogP contribution < -0.4 is 10.3 Å². The molecule has 0 aliphatic heterocycles. The minimum Gasteiger partial charge on any atom is -0.496 e. The molecule has 0 saturated heterocycles. The second-order valence-electron chi connectivity index (χ2n) is 5.77. The third-order valence-electron chi connectivity index (χ3n) is 4.49. The third kappa shape index (κ3) is 2.59. The van der Waals surface area contributed by atoms with Crippen molar-refractivity contribution in [2.45, 2.75) is 32.6 Å². The summed E-state index contributed by atoms with van der Waals surface area (Å²) >= 11 is 0. The van der Waals surface area contributed by atoms with E-state index in [1.54, 1.807) is 16.7 Å². The third-order valence-corrected chi connectivity index (χ3v) is 4.49. The lowest BCUT2D eigenvalue weighted by molar-refractivity contribution is 0.0998. The van der Waals surface area contributed by atoms with Gasteiger partial charge in [0.25, 0.3) is 5.56 Å². The second kappa shape index (κ2) is 6.46. The lowest BCUT2D eigenvalue weighted by Gasteiger charge is -2.14. The van der Waals surface area contributed by atoms with Crippen LogP contribution >= 0.6 is 0 Å². The highest BCUT2D eigenvalue weighted by Gasteiger charge is 2.20. The number of benzene rings is 1. The smallest absolute Gasteiger partial charge is 0.320 e. The number of hydrogen-bond donors (Lipinski definition) is 1. The summed E-state index contributed by atoms with van der Waals surface area (Å²) in [4.78, 5) is 41.9. The Morgan fingerprint density at radius 3 is 2.64 bits per heavy atom. The molecule has 0 saturated carbocycles. The number of hydrogen-bond acceptors (Lipinski definition) is 5. The molecule has 1 amide bonds. The Kier molecular flexibility index (Phi) is 4.35. The predicted octanol–water partition coefficient (Wildman–Crippen LogP) is 2.99. The van der Waals surface area contributed by atoms with Crippen molar-refractivity contribution >= 4 is 22.5 Å². The molecule has 3 aromatic rings. The topological polar surface area (TPSA) is 106 Å². The average molecular weight is 342 g/mol. The minimum absolute atomic E-state index is 0.00389. The maximum absolute atomic E-state index is 12.4. The van der Waals surface area contributed by atoms with Crippen molar-refractivity contribution in [3.05, 3.63) is 45.0 Å². The predicted molar refractivity (Wildman–Crippen MR) is 93.3 cm³/mol. The number of nitroso groups, excluding NO2 is 1. The molecular weight excluding hydrogens is 324 g/mol. The maximum atomic E-state index is 12.4. The molecule has 3 rings (SSSR count). The van der Waals surface area contributed by atoms with Crippen molar-refractivity contribution in [1.29, 1.82) is 0 Å². The summed E-state index contributed by atoms with van der Waals surface area (Å²) in [6.07, 6.45) is 3.31. The molecule has 2 aromatic heterocycles. The molecule has 1 N–H and O–H groups in total. The van der Waals surface area contributed by atoms with E-state index in [0.29, 0.717) is 16.6 Å². The van der Waals surface area contributed by atoms with Gasteiger partial charge in [-0.3, -0.25) is 14.0 Å². The zero-order chi connectivity index (χ0) is 18.1. The first-order valence-corrected chi connectivity index (χ1v) is 8.04. The Labute approximate surface area is 142 Å². The van der Waals surface area contributed by atoms with Gasteiger partial charge in [-0.25, -0.2) is 4.98 Å². The number of imidazole rings is 1. The zero-order valence-electron chi connectivity index (χ0n) is 14.2. The van der Waals surface area contributed by atoms with Crippen molar-refractivity contribution in [1.82, 2.24) is 14.4 Å². The van der Waals surface area contributed by atoms with Gasteiger partial charge >= 0.3 is 5.91 Å². The summed E-state index contributed by atoms with van der Waals surface area (Å²) in [5.41, 5.74) is 1.16. The van der Waals surface area contributed by atoms with E-state index >= 15 is 0 Å². The molecule has 0 aliphatic carbocycles. The van der Waals surface area contributed by atoms with Gasteiger partial charge in [0.05, 0.1) is 29.9 Å². The number of aromatic amines is 1. The number of amides is 1. The zero-order valence-corrected chi connectivity index (χ0v) is 14.2. The molecular formula is C17H18N4O4. The summed E-state index contributed by atoms with van der Waals surface area (Å²) < 4.78 is 7.03. The van der Waals surface area contributed by atoms with Gasteiger partial charge in [-0.1, -0.05) is 13.8 Å². The van der Waals surface area contributed by atoms with Gasteiger partial charge in [0.15, 0.2) is 0 Å². The second-order valence-corrected chi connectivity index (χ2v) is 5.77. The van der Waals surface area contributed by atoms with Crippen LogP contribution in [0.25, 0.3) is 16.6 Å². The van der Waals surface area contributed by atoms with Crippen LogP contribution in [0, 0.1) is 4.91 Å². The molecule has 0 radical (unpaired) electrons. The van der Waals surface area contributed by atoms with Gasteiger partial charge in [-0.2, -0.15) is 0 Å². The first-order chi connectivity index (χ1) is 12.0. The highest BCUT2D eigenvalue weighted by molar-refractivity contribution is 6.01. The van der Waals surface area contributed by atoms with Crippen molar-refractivity contribution in [3.8, 4) is 5.75 Å². The van der Waals surface area contributed by atoms with Gasteiger partial charge < -0.3 is 9.72 Å². The molecule has 130 valence electrons. The van der Waals surface area contributed by atoms with Crippen LogP contribution in [0.15, 0.2) is 28.3 Å². The summed E-state index contributed by atoms with van der Waals surface area (Å²) in [6, 6.07) is 3.03. The average Bonchev–Trinajstić information content (AvgIpc) is 3.07. The molecule has 0 fully saturated rings. The van der Waals surface area contributed by atoms with Crippen LogP contribution in [0.2, 0.25) is 0 Å². The van der Waals surface area contributed by atoms with Crippen LogP contribution in [0.5, 0.6) is 5.75 Å². The van der Waals surface area contributed by atoms with Crippen LogP contribution in [0.3, 0.4) is 0 Å². The lowest BCUT2D eigenvalue weighted by atomic mass is 10.0. The standard InChI is InChI=1S/C17H18N4O4/c1-4-9(5-2)15-18-8-13-17(23)19-11-6-10(16(22)20-24)14(25-3)7-12(11)21(13)15/h6-9H,4-5H2,1-3H3,(H,19,23). The Balaban J connectivity index is 2.44. The highest BCUT2D eigenvalue weighted by atomic mass is 16.5. The number of H-pyrrole nitrogens is 1. The van der Waals surface area contributed by atoms with Gasteiger partial charge in [0.1, 0.15) is 17.1 Å². The molecule has 0 bridgehead atoms. The van der Waals surface area contributed by atoms with Crippen LogP contribution in [0.1, 0.15) is 48.8 Å². The van der Waals surface area contributed by atoms with E-state index in [2.05, 4.69) is 29.0 Å². The number of nitrogens with zero attached hydrogens (tertiary/aromatic N) is 3. The molecule has 25 heavy (non-hydrogen) atoms. The van der Waals surface area contributed by atoms with Gasteiger partial charge in [0.2, 0.25) is 0 Å². The number of carbonyl (C=O) groups excluding carboxylic acids is 1. The van der Waals surface area contributed by atoms with E-state index in [1.807, 2.05) is 0 Å². The van der Waals surface area contributed by atoms with Gasteiger partial charge in [0, 0.05) is 17.2 Å². The summed E-state index contributed by atoms with van der Waals surface area (Å²) in [6.45, 7) is 4.13. The van der Waals surface area contributed by atoms with Crippen molar-refractivity contribution < 1.29 is 9.53 Å². The molecule has 0 atom stereocenters. The van der Waals surface area contributed by atoms with E-state index in [-0.39, 0.29) is 22.8 Å². The SMILES string of the molecule is CCC(CC)c1ncc2c(=O)[nH]c3cc(C(=O)N=O)c(OC)cc3n12. The number of carbonyl (C=O) groups is 1. The fraction of sp³-hybridized carbons (Fsp3) is 0.353. The Morgan fingerprint density at radius 1 is 1.32 bits per heavy atom. The fourth-order valence-corrected chi connectivity index (χ4v) is 3.15. The van der Waals surface area contributed by atoms with Crippen LogP contribution in [-0.4, -0.2) is 27.4 Å². The number of ether oxygens (including phenoxy) is 1. The van der Waals surface area contributed by atoms with Gasteiger partial charge in [-0.15, -0.1) is 4.91 Å². The van der Waals surface area contributed by atoms with E-state index in [9.17, 15) is 14.5 Å². The molecule has 1 aromatic carbocycles. The van der Waals surface area contributed by atoms with E-state index in [1.165, 1.54) is 13.2 Å². The van der Waals surface area contributed by atoms with Crippen LogP contribution in [-0.2, 0) is 0 Å². The van der Waals surface area contributed by atoms with E-state index < -0.39 is 5.91 Å². The maximum Gasteiger partial charge on any atom is 0.320 e.